The van der Waals surface area contributed by atoms with Crippen molar-refractivity contribution in [3.05, 3.63) is 51.5 Å². The molecule has 1 atom stereocenters. The van der Waals surface area contributed by atoms with Gasteiger partial charge in [-0.3, -0.25) is 4.79 Å². The van der Waals surface area contributed by atoms with Gasteiger partial charge in [0.15, 0.2) is 6.10 Å². The maximum Gasteiger partial charge on any atom is 0.339 e. The first kappa shape index (κ1) is 15.7. The van der Waals surface area contributed by atoms with E-state index in [1.54, 1.807) is 12.1 Å². The van der Waals surface area contributed by atoms with Gasteiger partial charge in [0.1, 0.15) is 5.01 Å². The van der Waals surface area contributed by atoms with E-state index in [4.69, 9.17) is 4.74 Å². The van der Waals surface area contributed by atoms with Crippen LogP contribution >= 0.6 is 11.3 Å². The summed E-state index contributed by atoms with van der Waals surface area (Å²) in [6.07, 6.45) is -0.418. The van der Waals surface area contributed by atoms with E-state index in [1.165, 1.54) is 11.3 Å². The van der Waals surface area contributed by atoms with Crippen molar-refractivity contribution in [1.82, 2.24) is 10.3 Å². The zero-order valence-electron chi connectivity index (χ0n) is 13.3. The summed E-state index contributed by atoms with van der Waals surface area (Å²) in [4.78, 5) is 29.0. The topological polar surface area (TPSA) is 68.3 Å². The summed E-state index contributed by atoms with van der Waals surface area (Å²) >= 11 is 1.50. The highest BCUT2D eigenvalue weighted by atomic mass is 32.1. The number of amides is 1. The Morgan fingerprint density at radius 2 is 2.13 bits per heavy atom. The Morgan fingerprint density at radius 1 is 1.39 bits per heavy atom. The molecule has 6 heteroatoms. The summed E-state index contributed by atoms with van der Waals surface area (Å²) in [5.41, 5.74) is 1.68. The highest BCUT2D eigenvalue weighted by Gasteiger charge is 2.35. The number of benzene rings is 1. The van der Waals surface area contributed by atoms with Gasteiger partial charge in [-0.1, -0.05) is 18.2 Å². The minimum Gasteiger partial charge on any atom is -0.448 e. The van der Waals surface area contributed by atoms with Gasteiger partial charge in [0.05, 0.1) is 11.1 Å². The third-order valence-corrected chi connectivity index (χ3v) is 5.06. The van der Waals surface area contributed by atoms with E-state index in [-0.39, 0.29) is 5.91 Å². The lowest BCUT2D eigenvalue weighted by atomic mass is 9.97. The molecule has 0 aliphatic carbocycles. The Morgan fingerprint density at radius 3 is 2.83 bits per heavy atom. The smallest absolute Gasteiger partial charge is 0.339 e. The fourth-order valence-corrected chi connectivity index (χ4v) is 3.44. The highest BCUT2D eigenvalue weighted by molar-refractivity contribution is 7.09. The van der Waals surface area contributed by atoms with Crippen molar-refractivity contribution in [1.29, 1.82) is 0 Å². The fourth-order valence-electron chi connectivity index (χ4n) is 2.56. The molecule has 3 rings (SSSR count). The van der Waals surface area contributed by atoms with Gasteiger partial charge in [0.25, 0.3) is 5.91 Å². The fraction of sp³-hybridized carbons (Fsp3) is 0.353. The van der Waals surface area contributed by atoms with Crippen molar-refractivity contribution in [3.8, 4) is 0 Å². The molecule has 0 saturated carbocycles. The average molecular weight is 330 g/mol. The summed E-state index contributed by atoms with van der Waals surface area (Å²) in [6.45, 7) is 5.70. The van der Waals surface area contributed by atoms with Gasteiger partial charge in [-0.25, -0.2) is 9.78 Å². The van der Waals surface area contributed by atoms with Crippen LogP contribution in [0.25, 0.3) is 0 Å². The van der Waals surface area contributed by atoms with Gasteiger partial charge in [-0.05, 0) is 32.4 Å². The second kappa shape index (κ2) is 5.77. The molecule has 0 bridgehead atoms. The van der Waals surface area contributed by atoms with Gasteiger partial charge >= 0.3 is 5.97 Å². The molecule has 0 spiro atoms. The molecular weight excluding hydrogens is 312 g/mol. The van der Waals surface area contributed by atoms with Crippen molar-refractivity contribution in [2.24, 2.45) is 0 Å². The number of nitrogens with one attached hydrogen (secondary N) is 1. The molecular formula is C17H18N2O3S. The molecule has 0 fully saturated rings. The lowest BCUT2D eigenvalue weighted by Crippen LogP contribution is -2.49. The summed E-state index contributed by atoms with van der Waals surface area (Å²) in [7, 11) is 0. The van der Waals surface area contributed by atoms with Gasteiger partial charge in [0, 0.05) is 17.5 Å². The third kappa shape index (κ3) is 3.12. The van der Waals surface area contributed by atoms with Crippen LogP contribution in [-0.2, 0) is 21.5 Å². The lowest BCUT2D eigenvalue weighted by Gasteiger charge is -2.29. The molecule has 1 aromatic heterocycles. The van der Waals surface area contributed by atoms with E-state index in [1.807, 2.05) is 38.3 Å². The Bertz CT molecular complexity index is 767. The number of carbonyl (C=O) groups is 2. The van der Waals surface area contributed by atoms with Crippen molar-refractivity contribution in [2.45, 2.75) is 38.8 Å². The zero-order chi connectivity index (χ0) is 16.6. The van der Waals surface area contributed by atoms with E-state index >= 15 is 0 Å². The maximum atomic E-state index is 12.5. The predicted octanol–water partition coefficient (Wildman–Crippen LogP) is 2.58. The Balaban J connectivity index is 1.76. The summed E-state index contributed by atoms with van der Waals surface area (Å²) in [5.74, 6) is -0.749. The minimum absolute atomic E-state index is 0.300. The number of nitrogens with zero attached hydrogens (tertiary/aromatic N) is 1. The Hall–Kier alpha value is -2.21. The maximum absolute atomic E-state index is 12.5. The average Bonchev–Trinajstić information content (AvgIpc) is 2.94. The number of cyclic esters (lactones) is 1. The Kier molecular flexibility index (Phi) is 3.93. The number of carbonyl (C=O) groups excluding carboxylic acids is 2. The second-order valence-electron chi connectivity index (χ2n) is 6.16. The standard InChI is InChI=1S/C17H18N2O3S/c1-10-9-23-16(18-10)17(2,3)19-14(20)13-8-11-6-4-5-7-12(11)15(21)22-13/h4-7,9,13H,8H2,1-3H3,(H,19,20)/t13-/m0/s1. The van der Waals surface area contributed by atoms with Crippen LogP contribution in [0.15, 0.2) is 29.6 Å². The molecule has 2 aromatic rings. The molecule has 1 N–H and O–H groups in total. The molecule has 2 heterocycles. The van der Waals surface area contributed by atoms with Crippen molar-refractivity contribution >= 4 is 23.2 Å². The number of hydrogen-bond acceptors (Lipinski definition) is 5. The number of rotatable bonds is 3. The summed E-state index contributed by atoms with van der Waals surface area (Å²) in [5, 5.41) is 5.71. The normalized spacial score (nSPS) is 17.3. The molecule has 0 unspecified atom stereocenters. The number of aromatic nitrogens is 1. The van der Waals surface area contributed by atoms with E-state index in [0.717, 1.165) is 16.3 Å². The van der Waals surface area contributed by atoms with Crippen LogP contribution in [0.2, 0.25) is 0 Å². The third-order valence-electron chi connectivity index (χ3n) is 3.77. The van der Waals surface area contributed by atoms with E-state index in [0.29, 0.717) is 12.0 Å². The molecule has 0 radical (unpaired) electrons. The number of hydrogen-bond donors (Lipinski definition) is 1. The molecule has 1 aromatic carbocycles. The minimum atomic E-state index is -0.808. The molecule has 1 amide bonds. The van der Waals surface area contributed by atoms with Gasteiger partial charge in [-0.15, -0.1) is 11.3 Å². The Labute approximate surface area is 138 Å². The van der Waals surface area contributed by atoms with Crippen molar-refractivity contribution in [2.75, 3.05) is 0 Å². The first-order valence-electron chi connectivity index (χ1n) is 7.40. The SMILES string of the molecule is Cc1csc(C(C)(C)NC(=O)[C@@H]2Cc3ccccc3C(=O)O2)n1. The second-order valence-corrected chi connectivity index (χ2v) is 7.02. The van der Waals surface area contributed by atoms with E-state index in [2.05, 4.69) is 10.3 Å². The number of thiazole rings is 1. The van der Waals surface area contributed by atoms with Crippen molar-refractivity contribution in [3.63, 3.8) is 0 Å². The molecule has 1 aliphatic heterocycles. The van der Waals surface area contributed by atoms with Crippen LogP contribution in [0.4, 0.5) is 0 Å². The molecule has 120 valence electrons. The number of ether oxygens (including phenoxy) is 1. The zero-order valence-corrected chi connectivity index (χ0v) is 14.1. The van der Waals surface area contributed by atoms with Gasteiger partial charge in [-0.2, -0.15) is 0 Å². The molecule has 1 aliphatic rings. The van der Waals surface area contributed by atoms with Crippen LogP contribution in [0.1, 0.15) is 40.5 Å². The predicted molar refractivity (Wildman–Crippen MR) is 87.4 cm³/mol. The monoisotopic (exact) mass is 330 g/mol. The van der Waals surface area contributed by atoms with Crippen LogP contribution in [-0.4, -0.2) is 23.0 Å². The molecule has 5 nitrogen and oxygen atoms in total. The lowest BCUT2D eigenvalue weighted by molar-refractivity contribution is -0.132. The molecule has 23 heavy (non-hydrogen) atoms. The van der Waals surface area contributed by atoms with Gasteiger partial charge < -0.3 is 10.1 Å². The number of esters is 1. The quantitative estimate of drug-likeness (QED) is 0.878. The van der Waals surface area contributed by atoms with Crippen LogP contribution < -0.4 is 5.32 Å². The van der Waals surface area contributed by atoms with Crippen LogP contribution in [0.5, 0.6) is 0 Å². The van der Waals surface area contributed by atoms with E-state index < -0.39 is 17.6 Å². The summed E-state index contributed by atoms with van der Waals surface area (Å²) < 4.78 is 5.29. The van der Waals surface area contributed by atoms with Crippen LogP contribution in [0.3, 0.4) is 0 Å². The number of fused-ring (bicyclic) bond motifs is 1. The largest absolute Gasteiger partial charge is 0.448 e. The number of aryl methyl sites for hydroxylation is 1. The van der Waals surface area contributed by atoms with Gasteiger partial charge in [0.2, 0.25) is 0 Å². The van der Waals surface area contributed by atoms with Crippen molar-refractivity contribution < 1.29 is 14.3 Å². The van der Waals surface area contributed by atoms with E-state index in [9.17, 15) is 9.59 Å². The summed E-state index contributed by atoms with van der Waals surface area (Å²) in [6, 6.07) is 7.21. The molecule has 0 saturated heterocycles. The first-order chi connectivity index (χ1) is 10.9. The van der Waals surface area contributed by atoms with Crippen LogP contribution in [0, 0.1) is 6.92 Å². The highest BCUT2D eigenvalue weighted by Crippen LogP contribution is 2.25. The first-order valence-corrected chi connectivity index (χ1v) is 8.28.